The maximum atomic E-state index is 13.5. The molecular formula is C42H31Cl7N8O7. The predicted molar refractivity (Wildman–Crippen MR) is 250 cm³/mol. The normalized spacial score (nSPS) is 12.1. The van der Waals surface area contributed by atoms with E-state index in [1.807, 2.05) is 0 Å². The summed E-state index contributed by atoms with van der Waals surface area (Å²) in [7, 11) is 0. The molecule has 5 aromatic carbocycles. The molecule has 0 bridgehead atoms. The fourth-order valence-electron chi connectivity index (χ4n) is 5.37. The lowest BCUT2D eigenvalue weighted by molar-refractivity contribution is -0.127. The standard InChI is InChI=1S/C42H31Cl7N8O7/c1-20(58)37(56-54-29-13-22(11-26(46)15-29)39(60)52-34-17-24(44)3-6-31(34)48)41(62)50-28-5-8-33(36(19-28)64-10-9-43)51-42(63)38(21(2)59)57-55-30-14-23(12-27(47)16-30)40(61)53-35-18-25(45)4-7-32(35)49/h3-8,11-19,37-38H,9-10H2,1-2H3,(H,50,62)(H,51,63)(H,52,60)(H,53,61). The number of benzene rings is 5. The molecule has 0 fully saturated rings. The van der Waals surface area contributed by atoms with Crippen LogP contribution in [0.2, 0.25) is 30.1 Å². The number of alkyl halides is 1. The minimum atomic E-state index is -1.67. The number of hydrogen-bond acceptors (Lipinski definition) is 11. The summed E-state index contributed by atoms with van der Waals surface area (Å²) in [5, 5.41) is 27.6. The second-order valence-electron chi connectivity index (χ2n) is 13.2. The van der Waals surface area contributed by atoms with Gasteiger partial charge in [-0.1, -0.05) is 69.6 Å². The van der Waals surface area contributed by atoms with E-state index < -0.39 is 47.3 Å². The van der Waals surface area contributed by atoms with Gasteiger partial charge in [0.2, 0.25) is 12.1 Å². The van der Waals surface area contributed by atoms with E-state index in [1.54, 1.807) is 12.1 Å². The number of hydrogen-bond donors (Lipinski definition) is 4. The highest BCUT2D eigenvalue weighted by atomic mass is 35.5. The summed E-state index contributed by atoms with van der Waals surface area (Å²) in [6.07, 6.45) is 0. The number of carbonyl (C=O) groups is 6. The molecule has 5 rings (SSSR count). The quantitative estimate of drug-likeness (QED) is 0.0402. The van der Waals surface area contributed by atoms with Crippen molar-refractivity contribution in [2.24, 2.45) is 20.5 Å². The van der Waals surface area contributed by atoms with E-state index in [9.17, 15) is 28.8 Å². The van der Waals surface area contributed by atoms with Crippen molar-refractivity contribution in [3.8, 4) is 5.75 Å². The van der Waals surface area contributed by atoms with Crippen LogP contribution in [-0.4, -0.2) is 59.8 Å². The lowest BCUT2D eigenvalue weighted by atomic mass is 10.1. The van der Waals surface area contributed by atoms with Gasteiger partial charge in [-0.15, -0.1) is 11.6 Å². The fraction of sp³-hybridized carbons (Fsp3) is 0.143. The Bertz CT molecular complexity index is 2720. The molecule has 0 spiro atoms. The molecule has 2 unspecified atom stereocenters. The minimum absolute atomic E-state index is 0.0149. The van der Waals surface area contributed by atoms with Crippen molar-refractivity contribution < 1.29 is 33.5 Å². The van der Waals surface area contributed by atoms with Crippen molar-refractivity contribution in [2.75, 3.05) is 33.8 Å². The Balaban J connectivity index is 1.29. The first kappa shape index (κ1) is 49.4. The van der Waals surface area contributed by atoms with E-state index in [2.05, 4.69) is 41.7 Å². The largest absolute Gasteiger partial charge is 0.490 e. The third kappa shape index (κ3) is 13.9. The van der Waals surface area contributed by atoms with Crippen LogP contribution in [0.15, 0.2) is 111 Å². The Labute approximate surface area is 399 Å². The zero-order valence-corrected chi connectivity index (χ0v) is 38.3. The summed E-state index contributed by atoms with van der Waals surface area (Å²) in [6.45, 7) is 2.22. The summed E-state index contributed by atoms with van der Waals surface area (Å²) in [4.78, 5) is 78.1. The van der Waals surface area contributed by atoms with E-state index in [1.165, 1.54) is 78.9 Å². The van der Waals surface area contributed by atoms with Crippen molar-refractivity contribution in [1.29, 1.82) is 0 Å². The summed E-state index contributed by atoms with van der Waals surface area (Å²) >= 11 is 42.8. The lowest BCUT2D eigenvalue weighted by Gasteiger charge is -2.16. The highest BCUT2D eigenvalue weighted by Gasteiger charge is 2.26. The molecule has 0 heterocycles. The van der Waals surface area contributed by atoms with Gasteiger partial charge in [-0.2, -0.15) is 20.5 Å². The van der Waals surface area contributed by atoms with Gasteiger partial charge in [-0.3, -0.25) is 28.8 Å². The molecule has 5 aromatic rings. The molecular weight excluding hydrogens is 977 g/mol. The zero-order chi connectivity index (χ0) is 46.7. The maximum Gasteiger partial charge on any atom is 0.258 e. The topological polar surface area (TPSA) is 209 Å². The van der Waals surface area contributed by atoms with Gasteiger partial charge in [0.15, 0.2) is 11.6 Å². The second-order valence-corrected chi connectivity index (χ2v) is 16.2. The number of nitrogens with zero attached hydrogens (tertiary/aromatic N) is 4. The average Bonchev–Trinajstić information content (AvgIpc) is 3.23. The van der Waals surface area contributed by atoms with Crippen molar-refractivity contribution in [2.45, 2.75) is 25.9 Å². The highest BCUT2D eigenvalue weighted by Crippen LogP contribution is 2.32. The Morgan fingerprint density at radius 1 is 0.531 bits per heavy atom. The van der Waals surface area contributed by atoms with E-state index in [0.29, 0.717) is 10.0 Å². The summed E-state index contributed by atoms with van der Waals surface area (Å²) in [6, 6.07) is 17.9. The van der Waals surface area contributed by atoms with Gasteiger partial charge in [0.05, 0.1) is 44.4 Å². The van der Waals surface area contributed by atoms with Crippen LogP contribution in [0, 0.1) is 0 Å². The zero-order valence-electron chi connectivity index (χ0n) is 33.0. The smallest absolute Gasteiger partial charge is 0.258 e. The number of carbonyl (C=O) groups excluding carboxylic acids is 6. The molecule has 64 heavy (non-hydrogen) atoms. The minimum Gasteiger partial charge on any atom is -0.490 e. The van der Waals surface area contributed by atoms with Crippen molar-refractivity contribution in [1.82, 2.24) is 0 Å². The molecule has 22 heteroatoms. The van der Waals surface area contributed by atoms with Gasteiger partial charge in [-0.25, -0.2) is 0 Å². The molecule has 4 N–H and O–H groups in total. The van der Waals surface area contributed by atoms with Gasteiger partial charge in [0.25, 0.3) is 23.6 Å². The second kappa shape index (κ2) is 22.8. The number of anilines is 4. The number of amides is 4. The van der Waals surface area contributed by atoms with Crippen LogP contribution >= 0.6 is 81.2 Å². The molecule has 15 nitrogen and oxygen atoms in total. The molecule has 4 amide bonds. The van der Waals surface area contributed by atoms with E-state index in [4.69, 9.17) is 85.9 Å². The summed E-state index contributed by atoms with van der Waals surface area (Å²) in [5.74, 6) is -4.32. The fourth-order valence-corrected chi connectivity index (χ4v) is 6.58. The first-order valence-corrected chi connectivity index (χ1v) is 21.1. The molecule has 0 saturated heterocycles. The van der Waals surface area contributed by atoms with Crippen molar-refractivity contribution in [3.05, 3.63) is 132 Å². The number of Topliss-reactive ketones (excluding diaryl/α,β-unsaturated/α-hetero) is 2. The molecule has 0 saturated carbocycles. The van der Waals surface area contributed by atoms with Crippen LogP contribution in [-0.2, 0) is 19.2 Å². The van der Waals surface area contributed by atoms with Gasteiger partial charge in [0.1, 0.15) is 12.4 Å². The first-order chi connectivity index (χ1) is 30.4. The summed E-state index contributed by atoms with van der Waals surface area (Å²) < 4.78 is 5.72. The SMILES string of the molecule is CC(=O)C(N=Nc1cc(Cl)cc(C(=O)Nc2cc(Cl)ccc2Cl)c1)C(=O)Nc1ccc(NC(=O)C(N=Nc2cc(Cl)cc(C(=O)Nc3cc(Cl)ccc3Cl)c2)C(C)=O)c(OCCCl)c1. The highest BCUT2D eigenvalue weighted by molar-refractivity contribution is 6.37. The van der Waals surface area contributed by atoms with Gasteiger partial charge >= 0.3 is 0 Å². The van der Waals surface area contributed by atoms with Crippen LogP contribution in [0.3, 0.4) is 0 Å². The molecule has 0 aliphatic rings. The first-order valence-electron chi connectivity index (χ1n) is 18.3. The number of ketones is 2. The van der Waals surface area contributed by atoms with Gasteiger partial charge in [-0.05, 0) is 98.8 Å². The van der Waals surface area contributed by atoms with Crippen LogP contribution in [0.1, 0.15) is 34.6 Å². The van der Waals surface area contributed by atoms with Crippen LogP contribution in [0.25, 0.3) is 0 Å². The van der Waals surface area contributed by atoms with Crippen molar-refractivity contribution in [3.63, 3.8) is 0 Å². The Morgan fingerprint density at radius 3 is 1.45 bits per heavy atom. The predicted octanol–water partition coefficient (Wildman–Crippen LogP) is 12.1. The number of nitrogens with one attached hydrogen (secondary N) is 4. The summed E-state index contributed by atoms with van der Waals surface area (Å²) in [5.41, 5.74) is 0.882. The Morgan fingerprint density at radius 2 is 1.00 bits per heavy atom. The number of rotatable bonds is 17. The monoisotopic (exact) mass is 1000 g/mol. The van der Waals surface area contributed by atoms with Gasteiger partial charge < -0.3 is 26.0 Å². The molecule has 330 valence electrons. The molecule has 2 atom stereocenters. The average molecular weight is 1010 g/mol. The Hall–Kier alpha value is -5.65. The third-order valence-corrected chi connectivity index (χ3v) is 10.0. The van der Waals surface area contributed by atoms with E-state index in [-0.39, 0.29) is 83.6 Å². The van der Waals surface area contributed by atoms with Crippen LogP contribution in [0.5, 0.6) is 5.75 Å². The van der Waals surface area contributed by atoms with E-state index in [0.717, 1.165) is 13.8 Å². The molecule has 0 aliphatic carbocycles. The lowest BCUT2D eigenvalue weighted by Crippen LogP contribution is -2.32. The van der Waals surface area contributed by atoms with Crippen molar-refractivity contribution >= 4 is 151 Å². The third-order valence-electron chi connectivity index (χ3n) is 8.33. The number of ether oxygens (including phenoxy) is 1. The Kier molecular flexibility index (Phi) is 17.6. The van der Waals surface area contributed by atoms with Gasteiger partial charge in [0, 0.05) is 43.0 Å². The number of azo groups is 2. The van der Waals surface area contributed by atoms with Crippen LogP contribution in [0.4, 0.5) is 34.1 Å². The maximum absolute atomic E-state index is 13.5. The molecule has 0 aromatic heterocycles. The molecule has 0 radical (unpaired) electrons. The van der Waals surface area contributed by atoms with E-state index >= 15 is 0 Å². The molecule has 0 aliphatic heterocycles. The van der Waals surface area contributed by atoms with Crippen LogP contribution < -0.4 is 26.0 Å². The number of halogens is 7.